The normalized spacial score (nSPS) is 9.40. The Morgan fingerprint density at radius 3 is 2.40 bits per heavy atom. The lowest BCUT2D eigenvalue weighted by molar-refractivity contribution is 0.414. The van der Waals surface area contributed by atoms with E-state index in [4.69, 9.17) is 16.3 Å². The van der Waals surface area contributed by atoms with Gasteiger partial charge in [0.2, 0.25) is 0 Å². The average molecular weight is 412 g/mol. The Kier molecular flexibility index (Phi) is 10.6. The highest BCUT2D eigenvalue weighted by atomic mass is 127. The molecule has 0 atom stereocenters. The van der Waals surface area contributed by atoms with E-state index in [1.54, 1.807) is 7.11 Å². The van der Waals surface area contributed by atoms with Crippen LogP contribution in [-0.2, 0) is 6.42 Å². The fourth-order valence-electron chi connectivity index (χ4n) is 1.66. The number of guanidine groups is 1. The Hall–Kier alpha value is -0.690. The van der Waals surface area contributed by atoms with Gasteiger partial charge in [0.05, 0.1) is 7.11 Å². The fourth-order valence-corrected chi connectivity index (χ4v) is 1.92. The third kappa shape index (κ3) is 6.65. The predicted octanol–water partition coefficient (Wildman–Crippen LogP) is 3.08. The lowest BCUT2D eigenvalue weighted by Gasteiger charge is -2.09. The van der Waals surface area contributed by atoms with Gasteiger partial charge in [0, 0.05) is 24.7 Å². The molecule has 20 heavy (non-hydrogen) atoms. The molecule has 0 aromatic heterocycles. The maximum atomic E-state index is 6.19. The fraction of sp³-hybridized carbons (Fsp3) is 0.500. The third-order valence-electron chi connectivity index (χ3n) is 2.60. The van der Waals surface area contributed by atoms with Crippen LogP contribution >= 0.6 is 35.6 Å². The van der Waals surface area contributed by atoms with Crippen molar-refractivity contribution in [3.63, 3.8) is 0 Å². The standard InChI is InChI=1S/C14H22ClN3O.HI/c1-4-16-14(17-5-2)18-9-8-11-6-7-12(19-3)10-13(11)15;/h6-7,10H,4-5,8-9H2,1-3H3,(H2,16,17,18);1H. The first-order valence-corrected chi connectivity index (χ1v) is 6.93. The van der Waals surface area contributed by atoms with E-state index in [1.807, 2.05) is 32.0 Å². The second kappa shape index (κ2) is 11.0. The summed E-state index contributed by atoms with van der Waals surface area (Å²) in [5, 5.41) is 7.10. The van der Waals surface area contributed by atoms with Crippen LogP contribution in [0.2, 0.25) is 5.02 Å². The van der Waals surface area contributed by atoms with E-state index in [0.717, 1.165) is 41.8 Å². The Morgan fingerprint density at radius 1 is 1.25 bits per heavy atom. The van der Waals surface area contributed by atoms with Crippen molar-refractivity contribution in [3.8, 4) is 5.75 Å². The number of benzene rings is 1. The summed E-state index contributed by atoms with van der Waals surface area (Å²) in [5.74, 6) is 1.62. The maximum absolute atomic E-state index is 6.19. The molecule has 0 aliphatic heterocycles. The monoisotopic (exact) mass is 411 g/mol. The van der Waals surface area contributed by atoms with Gasteiger partial charge in [0.1, 0.15) is 5.75 Å². The van der Waals surface area contributed by atoms with E-state index in [-0.39, 0.29) is 24.0 Å². The summed E-state index contributed by atoms with van der Waals surface area (Å²) in [4.78, 5) is 4.49. The zero-order chi connectivity index (χ0) is 14.1. The van der Waals surface area contributed by atoms with Crippen LogP contribution in [0.1, 0.15) is 19.4 Å². The number of hydrogen-bond donors (Lipinski definition) is 2. The first kappa shape index (κ1) is 19.3. The molecule has 1 aromatic rings. The highest BCUT2D eigenvalue weighted by Gasteiger charge is 2.02. The van der Waals surface area contributed by atoms with Crippen molar-refractivity contribution in [1.82, 2.24) is 10.6 Å². The molecule has 0 fully saturated rings. The average Bonchev–Trinajstić information content (AvgIpc) is 2.41. The first-order chi connectivity index (χ1) is 9.21. The number of hydrogen-bond acceptors (Lipinski definition) is 2. The molecule has 0 spiro atoms. The lowest BCUT2D eigenvalue weighted by Crippen LogP contribution is -2.37. The zero-order valence-corrected chi connectivity index (χ0v) is 15.3. The molecule has 0 unspecified atom stereocenters. The Labute approximate surface area is 143 Å². The molecule has 6 heteroatoms. The van der Waals surface area contributed by atoms with Crippen LogP contribution in [0.5, 0.6) is 5.75 Å². The number of methoxy groups -OCH3 is 1. The van der Waals surface area contributed by atoms with Crippen LogP contribution in [0.25, 0.3) is 0 Å². The van der Waals surface area contributed by atoms with E-state index in [9.17, 15) is 0 Å². The van der Waals surface area contributed by atoms with Crippen LogP contribution in [0.3, 0.4) is 0 Å². The molecule has 0 saturated carbocycles. The topological polar surface area (TPSA) is 45.7 Å². The van der Waals surface area contributed by atoms with Crippen molar-refractivity contribution in [3.05, 3.63) is 28.8 Å². The molecule has 1 rings (SSSR count). The molecule has 114 valence electrons. The molecule has 0 radical (unpaired) electrons. The van der Waals surface area contributed by atoms with Gasteiger partial charge in [-0.25, -0.2) is 0 Å². The van der Waals surface area contributed by atoms with E-state index >= 15 is 0 Å². The van der Waals surface area contributed by atoms with Gasteiger partial charge >= 0.3 is 0 Å². The minimum absolute atomic E-state index is 0. The second-order valence-electron chi connectivity index (χ2n) is 4.00. The number of nitrogens with one attached hydrogen (secondary N) is 2. The van der Waals surface area contributed by atoms with E-state index < -0.39 is 0 Å². The number of ether oxygens (including phenoxy) is 1. The molecule has 0 heterocycles. The van der Waals surface area contributed by atoms with Crippen molar-refractivity contribution in [1.29, 1.82) is 0 Å². The molecule has 0 aliphatic rings. The van der Waals surface area contributed by atoms with Crippen LogP contribution in [0.4, 0.5) is 0 Å². The number of rotatable bonds is 6. The van der Waals surface area contributed by atoms with Gasteiger partial charge in [0.25, 0.3) is 0 Å². The summed E-state index contributed by atoms with van der Waals surface area (Å²) in [7, 11) is 1.63. The SMILES string of the molecule is CCNC(=NCCc1ccc(OC)cc1Cl)NCC.I. The highest BCUT2D eigenvalue weighted by molar-refractivity contribution is 14.0. The maximum Gasteiger partial charge on any atom is 0.191 e. The Bertz CT molecular complexity index is 419. The molecule has 0 saturated heterocycles. The van der Waals surface area contributed by atoms with Crippen molar-refractivity contribution in [2.45, 2.75) is 20.3 Å². The van der Waals surface area contributed by atoms with Crippen LogP contribution in [0.15, 0.2) is 23.2 Å². The number of halogens is 2. The van der Waals surface area contributed by atoms with Crippen LogP contribution < -0.4 is 15.4 Å². The van der Waals surface area contributed by atoms with Gasteiger partial charge in [-0.2, -0.15) is 0 Å². The minimum atomic E-state index is 0. The van der Waals surface area contributed by atoms with Crippen LogP contribution in [0, 0.1) is 0 Å². The summed E-state index contributed by atoms with van der Waals surface area (Å²) in [6.07, 6.45) is 0.809. The molecule has 1 aromatic carbocycles. The molecule has 0 aliphatic carbocycles. The van der Waals surface area contributed by atoms with E-state index in [0.29, 0.717) is 6.54 Å². The van der Waals surface area contributed by atoms with Crippen LogP contribution in [-0.4, -0.2) is 32.7 Å². The van der Waals surface area contributed by atoms with Gasteiger partial charge in [-0.1, -0.05) is 17.7 Å². The Morgan fingerprint density at radius 2 is 1.90 bits per heavy atom. The lowest BCUT2D eigenvalue weighted by atomic mass is 10.1. The molecule has 4 nitrogen and oxygen atoms in total. The van der Waals surface area contributed by atoms with E-state index in [1.165, 1.54) is 0 Å². The Balaban J connectivity index is 0.00000361. The van der Waals surface area contributed by atoms with Gasteiger partial charge in [0.15, 0.2) is 5.96 Å². The molecule has 0 bridgehead atoms. The van der Waals surface area contributed by atoms with Gasteiger partial charge in [-0.05, 0) is 38.0 Å². The zero-order valence-electron chi connectivity index (χ0n) is 12.2. The van der Waals surface area contributed by atoms with Gasteiger partial charge in [-0.15, -0.1) is 24.0 Å². The van der Waals surface area contributed by atoms with Gasteiger partial charge < -0.3 is 15.4 Å². The summed E-state index contributed by atoms with van der Waals surface area (Å²) >= 11 is 6.19. The van der Waals surface area contributed by atoms with Crippen molar-refractivity contribution in [2.24, 2.45) is 4.99 Å². The molecule has 0 amide bonds. The molecular weight excluding hydrogens is 389 g/mol. The minimum Gasteiger partial charge on any atom is -0.497 e. The van der Waals surface area contributed by atoms with Gasteiger partial charge in [-0.3, -0.25) is 4.99 Å². The first-order valence-electron chi connectivity index (χ1n) is 6.55. The highest BCUT2D eigenvalue weighted by Crippen LogP contribution is 2.22. The quantitative estimate of drug-likeness (QED) is 0.430. The van der Waals surface area contributed by atoms with Crippen molar-refractivity contribution in [2.75, 3.05) is 26.7 Å². The summed E-state index contributed by atoms with van der Waals surface area (Å²) < 4.78 is 5.12. The number of nitrogens with zero attached hydrogens (tertiary/aromatic N) is 1. The van der Waals surface area contributed by atoms with Crippen molar-refractivity contribution >= 4 is 41.5 Å². The smallest absolute Gasteiger partial charge is 0.191 e. The largest absolute Gasteiger partial charge is 0.497 e. The summed E-state index contributed by atoms with van der Waals surface area (Å²) in [6.45, 7) is 6.51. The second-order valence-corrected chi connectivity index (χ2v) is 4.41. The third-order valence-corrected chi connectivity index (χ3v) is 2.95. The molecule has 2 N–H and O–H groups in total. The summed E-state index contributed by atoms with van der Waals surface area (Å²) in [5.41, 5.74) is 1.08. The van der Waals surface area contributed by atoms with Crippen molar-refractivity contribution < 1.29 is 4.74 Å². The van der Waals surface area contributed by atoms with E-state index in [2.05, 4.69) is 15.6 Å². The summed E-state index contributed by atoms with van der Waals surface area (Å²) in [6, 6.07) is 5.73. The number of aliphatic imine (C=N–C) groups is 1. The predicted molar refractivity (Wildman–Crippen MR) is 96.8 cm³/mol. The molecular formula is C14H23ClIN3O.